The smallest absolute Gasteiger partial charge is 0.361 e. The minimum atomic E-state index is -1.53. The van der Waals surface area contributed by atoms with Crippen molar-refractivity contribution in [1.82, 2.24) is 0 Å². The van der Waals surface area contributed by atoms with Crippen molar-refractivity contribution in [2.24, 2.45) is 0 Å². The van der Waals surface area contributed by atoms with Crippen LogP contribution in [0.25, 0.3) is 0 Å². The number of rotatable bonds is 53. The van der Waals surface area contributed by atoms with Crippen LogP contribution in [0.2, 0.25) is 0 Å². The number of likely N-dealkylation sites (N-methyl/N-ethyl adjacent to an activating group) is 1. The first-order valence-electron chi connectivity index (χ1n) is 30.0. The molecule has 1 N–H and O–H groups in total. The van der Waals surface area contributed by atoms with Gasteiger partial charge in [-0.15, -0.1) is 0 Å². The van der Waals surface area contributed by atoms with Crippen LogP contribution in [0.3, 0.4) is 0 Å². The lowest BCUT2D eigenvalue weighted by molar-refractivity contribution is -0.870. The number of allylic oxidation sites excluding steroid dienone is 24. The van der Waals surface area contributed by atoms with Gasteiger partial charge >= 0.3 is 17.9 Å². The van der Waals surface area contributed by atoms with Crippen molar-refractivity contribution < 1.29 is 42.9 Å². The highest BCUT2D eigenvalue weighted by Crippen LogP contribution is 2.15. The maximum atomic E-state index is 12.9. The van der Waals surface area contributed by atoms with Gasteiger partial charge < -0.3 is 28.5 Å². The average Bonchev–Trinajstić information content (AvgIpc) is 3.40. The van der Waals surface area contributed by atoms with E-state index in [4.69, 9.17) is 18.9 Å². The Balaban J connectivity index is 4.36. The lowest BCUT2D eigenvalue weighted by Gasteiger charge is -2.25. The molecular weight excluding hydrogens is 959 g/mol. The predicted molar refractivity (Wildman–Crippen MR) is 327 cm³/mol. The standard InChI is InChI=1S/C68H109NO8/c1-6-8-10-12-14-16-18-20-22-24-26-28-30-32-33-35-37-39-41-43-45-47-49-51-53-55-57-59-66(71)77-64(63-76-68(67(72)73)74-61-60-69(3,4)5)62-75-65(70)58-56-54-52-50-48-46-44-42-40-38-36-34-31-29-27-25-23-21-19-17-15-13-11-9-7-2/h8-11,14-17,20-23,26-29,32-33,37,39,43,45,49,51,64,68H,6-7,12-13,18-19,24-25,30-31,34-36,38,40-42,44,46-48,50,52-63H2,1-5H3/p+1/b10-8-,11-9-,16-14-,17-15-,22-20-,23-21-,28-26-,29-27-,33-32-,39-37-,45-43-,51-49-. The molecule has 0 aromatic carbocycles. The Hall–Kier alpha value is -4.83. The van der Waals surface area contributed by atoms with Crippen LogP contribution in [0.5, 0.6) is 0 Å². The van der Waals surface area contributed by atoms with Gasteiger partial charge in [-0.3, -0.25) is 9.59 Å². The van der Waals surface area contributed by atoms with Gasteiger partial charge in [-0.05, 0) is 116 Å². The summed E-state index contributed by atoms with van der Waals surface area (Å²) in [5.41, 5.74) is 0. The summed E-state index contributed by atoms with van der Waals surface area (Å²) in [7, 11) is 5.94. The molecule has 0 bridgehead atoms. The van der Waals surface area contributed by atoms with E-state index >= 15 is 0 Å². The highest BCUT2D eigenvalue weighted by Gasteiger charge is 2.25. The summed E-state index contributed by atoms with van der Waals surface area (Å²) in [6.45, 7) is 4.58. The van der Waals surface area contributed by atoms with E-state index in [0.717, 1.165) is 109 Å². The van der Waals surface area contributed by atoms with Crippen molar-refractivity contribution >= 4 is 17.9 Å². The molecule has 0 fully saturated rings. The molecule has 0 radical (unpaired) electrons. The number of carbonyl (C=O) groups is 3. The Morgan fingerprint density at radius 1 is 0.390 bits per heavy atom. The van der Waals surface area contributed by atoms with Gasteiger partial charge in [0.25, 0.3) is 6.29 Å². The zero-order valence-corrected chi connectivity index (χ0v) is 49.3. The molecule has 2 unspecified atom stereocenters. The number of carboxylic acid groups (broad SMARTS) is 1. The van der Waals surface area contributed by atoms with Gasteiger partial charge in [0.1, 0.15) is 13.2 Å². The van der Waals surface area contributed by atoms with Crippen LogP contribution in [-0.2, 0) is 33.3 Å². The minimum absolute atomic E-state index is 0.170. The van der Waals surface area contributed by atoms with Gasteiger partial charge in [-0.1, -0.05) is 224 Å². The number of quaternary nitrogens is 1. The van der Waals surface area contributed by atoms with Crippen molar-refractivity contribution in [3.63, 3.8) is 0 Å². The number of ether oxygens (including phenoxy) is 4. The van der Waals surface area contributed by atoms with Crippen LogP contribution in [0, 0.1) is 0 Å². The SMILES string of the molecule is CC/C=C\C/C=C\C/C=C\C/C=C\C/C=C\C/C=C\C/C=C\C/C=C\CCCCC(=O)OC(COC(=O)CCCCCCCCCCCCCC/C=C\C/C=C\C/C=C\C/C=C\CC)COC(OCC[N+](C)(C)C)C(=O)O. The molecule has 0 aromatic heterocycles. The molecule has 9 heteroatoms. The molecule has 0 heterocycles. The van der Waals surface area contributed by atoms with Crippen molar-refractivity contribution in [3.05, 3.63) is 146 Å². The molecule has 0 saturated heterocycles. The van der Waals surface area contributed by atoms with Gasteiger partial charge in [0, 0.05) is 12.8 Å². The summed E-state index contributed by atoms with van der Waals surface area (Å²) < 4.78 is 22.8. The summed E-state index contributed by atoms with van der Waals surface area (Å²) in [4.78, 5) is 37.5. The Labute approximate surface area is 471 Å². The third-order valence-electron chi connectivity index (χ3n) is 12.1. The lowest BCUT2D eigenvalue weighted by atomic mass is 10.0. The molecule has 0 saturated carbocycles. The number of esters is 2. The van der Waals surface area contributed by atoms with Crippen molar-refractivity contribution in [3.8, 4) is 0 Å². The first-order valence-corrected chi connectivity index (χ1v) is 30.0. The van der Waals surface area contributed by atoms with E-state index in [1.54, 1.807) is 0 Å². The van der Waals surface area contributed by atoms with Crippen LogP contribution in [0.1, 0.15) is 206 Å². The maximum absolute atomic E-state index is 12.9. The zero-order valence-electron chi connectivity index (χ0n) is 49.3. The molecule has 0 aromatic rings. The van der Waals surface area contributed by atoms with Crippen LogP contribution < -0.4 is 0 Å². The molecule has 434 valence electrons. The van der Waals surface area contributed by atoms with E-state index in [-0.39, 0.29) is 38.6 Å². The summed E-state index contributed by atoms with van der Waals surface area (Å²) in [6, 6.07) is 0. The molecule has 9 nitrogen and oxygen atoms in total. The fourth-order valence-corrected chi connectivity index (χ4v) is 7.55. The Morgan fingerprint density at radius 2 is 0.701 bits per heavy atom. The number of aliphatic carboxylic acids is 1. The van der Waals surface area contributed by atoms with E-state index in [1.165, 1.54) is 64.2 Å². The summed E-state index contributed by atoms with van der Waals surface area (Å²) in [6.07, 6.45) is 80.7. The van der Waals surface area contributed by atoms with Crippen LogP contribution >= 0.6 is 0 Å². The monoisotopic (exact) mass is 1070 g/mol. The van der Waals surface area contributed by atoms with Crippen molar-refractivity contribution in [2.45, 2.75) is 219 Å². The minimum Gasteiger partial charge on any atom is -0.477 e. The normalized spacial score (nSPS) is 13.8. The molecule has 2 atom stereocenters. The van der Waals surface area contributed by atoms with E-state index in [9.17, 15) is 19.5 Å². The van der Waals surface area contributed by atoms with E-state index in [0.29, 0.717) is 17.4 Å². The Morgan fingerprint density at radius 3 is 1.06 bits per heavy atom. The fourth-order valence-electron chi connectivity index (χ4n) is 7.55. The molecule has 0 rings (SSSR count). The molecule has 77 heavy (non-hydrogen) atoms. The number of hydrogen-bond donors (Lipinski definition) is 1. The molecule has 0 aliphatic carbocycles. The third-order valence-corrected chi connectivity index (χ3v) is 12.1. The number of carboxylic acids is 1. The highest BCUT2D eigenvalue weighted by atomic mass is 16.7. The van der Waals surface area contributed by atoms with Crippen LogP contribution in [0.15, 0.2) is 146 Å². The highest BCUT2D eigenvalue weighted by molar-refractivity contribution is 5.71. The molecule has 0 amide bonds. The van der Waals surface area contributed by atoms with E-state index < -0.39 is 24.3 Å². The molecule has 0 spiro atoms. The number of carbonyl (C=O) groups excluding carboxylic acids is 2. The quantitative estimate of drug-likeness (QED) is 0.0211. The largest absolute Gasteiger partial charge is 0.477 e. The maximum Gasteiger partial charge on any atom is 0.361 e. The van der Waals surface area contributed by atoms with Gasteiger partial charge in [0.15, 0.2) is 6.10 Å². The number of nitrogens with zero attached hydrogens (tertiary/aromatic N) is 1. The molecule has 0 aliphatic rings. The second kappa shape index (κ2) is 57.3. The second-order valence-corrected chi connectivity index (χ2v) is 20.5. The number of unbranched alkanes of at least 4 members (excludes halogenated alkanes) is 14. The second-order valence-electron chi connectivity index (χ2n) is 20.5. The molecular formula is C68H110NO8+. The van der Waals surface area contributed by atoms with Crippen LogP contribution in [-0.4, -0.2) is 87.4 Å². The van der Waals surface area contributed by atoms with E-state index in [1.807, 2.05) is 21.1 Å². The summed E-state index contributed by atoms with van der Waals surface area (Å²) >= 11 is 0. The lowest BCUT2D eigenvalue weighted by Crippen LogP contribution is -2.40. The first kappa shape index (κ1) is 72.2. The Bertz CT molecular complexity index is 1770. The number of hydrogen-bond acceptors (Lipinski definition) is 7. The van der Waals surface area contributed by atoms with Gasteiger partial charge in [0.2, 0.25) is 0 Å². The zero-order chi connectivity index (χ0) is 56.2. The van der Waals surface area contributed by atoms with E-state index in [2.05, 4.69) is 160 Å². The predicted octanol–water partition coefficient (Wildman–Crippen LogP) is 18.0. The average molecular weight is 1070 g/mol. The van der Waals surface area contributed by atoms with Crippen LogP contribution in [0.4, 0.5) is 0 Å². The van der Waals surface area contributed by atoms with Gasteiger partial charge in [-0.25, -0.2) is 4.79 Å². The Kier molecular flexibility index (Phi) is 53.8. The van der Waals surface area contributed by atoms with Crippen molar-refractivity contribution in [2.75, 3.05) is 47.5 Å². The van der Waals surface area contributed by atoms with Gasteiger partial charge in [0.05, 0.1) is 34.4 Å². The molecule has 0 aliphatic heterocycles. The topological polar surface area (TPSA) is 108 Å². The third kappa shape index (κ3) is 58.7. The first-order chi connectivity index (χ1) is 37.6. The summed E-state index contributed by atoms with van der Waals surface area (Å²) in [5, 5.41) is 9.71. The fraction of sp³-hybridized carbons (Fsp3) is 0.603. The van der Waals surface area contributed by atoms with Gasteiger partial charge in [-0.2, -0.15) is 0 Å². The summed E-state index contributed by atoms with van der Waals surface area (Å²) in [5.74, 6) is -2.09. The van der Waals surface area contributed by atoms with Crippen molar-refractivity contribution in [1.29, 1.82) is 0 Å².